The molecule has 0 radical (unpaired) electrons. The molecule has 6 heteroatoms. The van der Waals surface area contributed by atoms with Gasteiger partial charge in [0.15, 0.2) is 0 Å². The summed E-state index contributed by atoms with van der Waals surface area (Å²) in [7, 11) is 1.83. The summed E-state index contributed by atoms with van der Waals surface area (Å²) < 4.78 is 0. The number of hydrogen-bond donors (Lipinski definition) is 2. The predicted octanol–water partition coefficient (Wildman–Crippen LogP) is 0.885. The second-order valence-electron chi connectivity index (χ2n) is 3.79. The van der Waals surface area contributed by atoms with Gasteiger partial charge in [-0.3, -0.25) is 9.69 Å². The normalized spacial score (nSPS) is 10.6. The first-order valence-corrected chi connectivity index (χ1v) is 5.77. The molecule has 0 aliphatic rings. The number of likely N-dealkylation sites (N-methyl/N-ethyl adjacent to an activating group) is 2. The molecule has 0 fully saturated rings. The Morgan fingerprint density at radius 1 is 1.59 bits per heavy atom. The summed E-state index contributed by atoms with van der Waals surface area (Å²) in [5, 5.41) is 3.29. The van der Waals surface area contributed by atoms with Gasteiger partial charge in [0.05, 0.1) is 17.3 Å². The third-order valence-corrected chi connectivity index (χ3v) is 2.49. The highest BCUT2D eigenvalue weighted by atomic mass is 35.5. The number of rotatable bonds is 5. The van der Waals surface area contributed by atoms with Crippen molar-refractivity contribution in [3.05, 3.63) is 22.8 Å². The zero-order chi connectivity index (χ0) is 12.8. The number of nitrogens with one attached hydrogen (secondary N) is 1. The van der Waals surface area contributed by atoms with Gasteiger partial charge in [0.2, 0.25) is 5.91 Å². The Labute approximate surface area is 106 Å². The molecule has 1 aromatic rings. The first-order valence-electron chi connectivity index (χ1n) is 5.39. The van der Waals surface area contributed by atoms with Crippen LogP contribution in [-0.2, 0) is 11.3 Å². The average Bonchev–Trinajstić information content (AvgIpc) is 2.23. The molecule has 17 heavy (non-hydrogen) atoms. The number of nitrogens with zero attached hydrogens (tertiary/aromatic N) is 2. The van der Waals surface area contributed by atoms with Gasteiger partial charge in [-0.1, -0.05) is 11.6 Å². The van der Waals surface area contributed by atoms with Crippen LogP contribution in [0.5, 0.6) is 0 Å². The number of nitrogens with two attached hydrogens (primary N) is 1. The van der Waals surface area contributed by atoms with E-state index in [0.717, 1.165) is 0 Å². The molecule has 1 aromatic heterocycles. The van der Waals surface area contributed by atoms with Crippen LogP contribution in [0.3, 0.4) is 0 Å². The molecule has 5 nitrogen and oxygen atoms in total. The topological polar surface area (TPSA) is 71.2 Å². The van der Waals surface area contributed by atoms with Crippen LogP contribution in [-0.4, -0.2) is 35.9 Å². The summed E-state index contributed by atoms with van der Waals surface area (Å²) in [6.07, 6.45) is 0. The fourth-order valence-corrected chi connectivity index (χ4v) is 1.59. The number of amides is 1. The summed E-state index contributed by atoms with van der Waals surface area (Å²) in [6, 6.07) is 3.36. The standard InChI is InChI=1S/C11H17ClN4O/c1-3-14-11(17)7-16(2)6-9-8(12)4-5-10(13)15-9/h4-5H,3,6-7H2,1-2H3,(H2,13,15)(H,14,17). The lowest BCUT2D eigenvalue weighted by atomic mass is 10.3. The fraction of sp³-hybridized carbons (Fsp3) is 0.455. The maximum atomic E-state index is 11.4. The minimum Gasteiger partial charge on any atom is -0.384 e. The van der Waals surface area contributed by atoms with Gasteiger partial charge in [0, 0.05) is 13.1 Å². The molecular weight excluding hydrogens is 240 g/mol. The molecule has 1 amide bonds. The lowest BCUT2D eigenvalue weighted by Crippen LogP contribution is -2.34. The van der Waals surface area contributed by atoms with E-state index in [-0.39, 0.29) is 5.91 Å². The van der Waals surface area contributed by atoms with Crippen molar-refractivity contribution >= 4 is 23.3 Å². The van der Waals surface area contributed by atoms with Gasteiger partial charge in [-0.15, -0.1) is 0 Å². The molecule has 94 valence electrons. The van der Waals surface area contributed by atoms with E-state index >= 15 is 0 Å². The highest BCUT2D eigenvalue weighted by molar-refractivity contribution is 6.31. The van der Waals surface area contributed by atoms with Crippen LogP contribution in [0.1, 0.15) is 12.6 Å². The van der Waals surface area contributed by atoms with Crippen molar-refractivity contribution in [1.82, 2.24) is 15.2 Å². The van der Waals surface area contributed by atoms with Crippen LogP contribution in [0, 0.1) is 0 Å². The Balaban J connectivity index is 2.58. The molecule has 0 unspecified atom stereocenters. The van der Waals surface area contributed by atoms with Gasteiger partial charge < -0.3 is 11.1 Å². The van der Waals surface area contributed by atoms with Crippen LogP contribution in [0.2, 0.25) is 5.02 Å². The van der Waals surface area contributed by atoms with E-state index in [1.54, 1.807) is 12.1 Å². The first kappa shape index (κ1) is 13.7. The molecule has 0 saturated carbocycles. The number of halogens is 1. The largest absolute Gasteiger partial charge is 0.384 e. The quantitative estimate of drug-likeness (QED) is 0.821. The Bertz CT molecular complexity index is 397. The molecule has 0 aliphatic carbocycles. The van der Waals surface area contributed by atoms with E-state index < -0.39 is 0 Å². The molecule has 0 aromatic carbocycles. The number of anilines is 1. The molecule has 1 heterocycles. The Hall–Kier alpha value is -1.33. The monoisotopic (exact) mass is 256 g/mol. The van der Waals surface area contributed by atoms with E-state index in [2.05, 4.69) is 10.3 Å². The van der Waals surface area contributed by atoms with Crippen molar-refractivity contribution in [3.8, 4) is 0 Å². The molecule has 1 rings (SSSR count). The van der Waals surface area contributed by atoms with Crippen LogP contribution in [0.15, 0.2) is 12.1 Å². The number of pyridine rings is 1. The predicted molar refractivity (Wildman–Crippen MR) is 68.7 cm³/mol. The average molecular weight is 257 g/mol. The Morgan fingerprint density at radius 2 is 2.29 bits per heavy atom. The second-order valence-corrected chi connectivity index (χ2v) is 4.20. The SMILES string of the molecule is CCNC(=O)CN(C)Cc1nc(N)ccc1Cl. The molecule has 3 N–H and O–H groups in total. The van der Waals surface area contributed by atoms with Crippen LogP contribution < -0.4 is 11.1 Å². The van der Waals surface area contributed by atoms with Crippen molar-refractivity contribution in [2.75, 3.05) is 25.9 Å². The smallest absolute Gasteiger partial charge is 0.234 e. The molecular formula is C11H17ClN4O. The Morgan fingerprint density at radius 3 is 2.94 bits per heavy atom. The third kappa shape index (κ3) is 4.58. The maximum absolute atomic E-state index is 11.4. The minimum absolute atomic E-state index is 0.0185. The zero-order valence-electron chi connectivity index (χ0n) is 10.0. The van der Waals surface area contributed by atoms with Crippen LogP contribution in [0.4, 0.5) is 5.82 Å². The van der Waals surface area contributed by atoms with Gasteiger partial charge in [0.25, 0.3) is 0 Å². The molecule has 0 aliphatic heterocycles. The van der Waals surface area contributed by atoms with Gasteiger partial charge in [0.1, 0.15) is 5.82 Å². The maximum Gasteiger partial charge on any atom is 0.234 e. The van der Waals surface area contributed by atoms with E-state index in [4.69, 9.17) is 17.3 Å². The Kier molecular flexibility index (Phi) is 5.18. The number of carbonyl (C=O) groups excluding carboxylic acids is 1. The van der Waals surface area contributed by atoms with Gasteiger partial charge in [-0.2, -0.15) is 0 Å². The lowest BCUT2D eigenvalue weighted by molar-refractivity contribution is -0.121. The van der Waals surface area contributed by atoms with Crippen LogP contribution in [0.25, 0.3) is 0 Å². The van der Waals surface area contributed by atoms with Gasteiger partial charge in [-0.25, -0.2) is 4.98 Å². The van der Waals surface area contributed by atoms with Gasteiger partial charge >= 0.3 is 0 Å². The van der Waals surface area contributed by atoms with E-state index in [1.165, 1.54) is 0 Å². The number of aromatic nitrogens is 1. The van der Waals surface area contributed by atoms with Crippen molar-refractivity contribution in [3.63, 3.8) is 0 Å². The van der Waals surface area contributed by atoms with Crippen molar-refractivity contribution in [2.45, 2.75) is 13.5 Å². The highest BCUT2D eigenvalue weighted by Crippen LogP contribution is 2.16. The lowest BCUT2D eigenvalue weighted by Gasteiger charge is -2.16. The van der Waals surface area contributed by atoms with Crippen LogP contribution >= 0.6 is 11.6 Å². The summed E-state index contributed by atoms with van der Waals surface area (Å²) >= 11 is 5.99. The van der Waals surface area contributed by atoms with Gasteiger partial charge in [-0.05, 0) is 26.1 Å². The third-order valence-electron chi connectivity index (χ3n) is 2.15. The van der Waals surface area contributed by atoms with Crippen molar-refractivity contribution in [2.24, 2.45) is 0 Å². The van der Waals surface area contributed by atoms with Crippen molar-refractivity contribution < 1.29 is 4.79 Å². The minimum atomic E-state index is -0.0185. The molecule has 0 saturated heterocycles. The van der Waals surface area contributed by atoms with E-state index in [1.807, 2.05) is 18.9 Å². The second kappa shape index (κ2) is 6.42. The zero-order valence-corrected chi connectivity index (χ0v) is 10.8. The molecule has 0 bridgehead atoms. The number of hydrogen-bond acceptors (Lipinski definition) is 4. The van der Waals surface area contributed by atoms with E-state index in [0.29, 0.717) is 36.2 Å². The summed E-state index contributed by atoms with van der Waals surface area (Å²) in [5.41, 5.74) is 6.26. The summed E-state index contributed by atoms with van der Waals surface area (Å²) in [4.78, 5) is 17.3. The van der Waals surface area contributed by atoms with Crippen molar-refractivity contribution in [1.29, 1.82) is 0 Å². The molecule has 0 atom stereocenters. The fourth-order valence-electron chi connectivity index (χ4n) is 1.42. The summed E-state index contributed by atoms with van der Waals surface area (Å²) in [5.74, 6) is 0.408. The number of nitrogen functional groups attached to an aromatic ring is 1. The molecule has 0 spiro atoms. The first-order chi connectivity index (χ1) is 8.02. The summed E-state index contributed by atoms with van der Waals surface area (Å²) in [6.45, 7) is 3.31. The highest BCUT2D eigenvalue weighted by Gasteiger charge is 2.09. The van der Waals surface area contributed by atoms with E-state index in [9.17, 15) is 4.79 Å². The number of carbonyl (C=O) groups is 1.